The number of carbonyl (C=O) groups excluding carboxylic acids is 2. The van der Waals surface area contributed by atoms with Crippen molar-refractivity contribution in [3.05, 3.63) is 53.1 Å². The van der Waals surface area contributed by atoms with E-state index in [1.807, 2.05) is 0 Å². The molecule has 7 nitrogen and oxygen atoms in total. The average molecular weight is 505 g/mol. The number of rotatable bonds is 6. The maximum atomic E-state index is 14.8. The second-order valence-corrected chi connectivity index (χ2v) is 8.13. The Morgan fingerprint density at radius 3 is 2.46 bits per heavy atom. The van der Waals surface area contributed by atoms with E-state index < -0.39 is 65.1 Å². The van der Waals surface area contributed by atoms with Crippen molar-refractivity contribution in [1.82, 2.24) is 4.98 Å². The number of hydrogen-bond acceptors (Lipinski definition) is 5. The van der Waals surface area contributed by atoms with Gasteiger partial charge in [-0.3, -0.25) is 14.6 Å². The van der Waals surface area contributed by atoms with Gasteiger partial charge in [0.2, 0.25) is 0 Å². The molecule has 0 bridgehead atoms. The van der Waals surface area contributed by atoms with Crippen molar-refractivity contribution < 1.29 is 45.4 Å². The van der Waals surface area contributed by atoms with E-state index >= 15 is 0 Å². The second-order valence-electron chi connectivity index (χ2n) is 8.13. The molecule has 190 valence electrons. The standard InChI is InChI=1S/C22H21F6N3O4/c1-9-14(11-4-5-12(18(24)25)15(23)16(11)34-3)17(35-21(9,2)22(26,27)28)20(33)31-10-6-7-30-13(8-10)19(29)32/h4-9,14,17-18H,1-3H3,(H2,29,32)(H,30,31,33). The summed E-state index contributed by atoms with van der Waals surface area (Å²) in [5, 5.41) is 2.34. The molecule has 2 aromatic rings. The molecular weight excluding hydrogens is 484 g/mol. The summed E-state index contributed by atoms with van der Waals surface area (Å²) >= 11 is 0. The Morgan fingerprint density at radius 2 is 1.91 bits per heavy atom. The van der Waals surface area contributed by atoms with Crippen molar-refractivity contribution >= 4 is 17.5 Å². The van der Waals surface area contributed by atoms with E-state index in [2.05, 4.69) is 10.3 Å². The predicted molar refractivity (Wildman–Crippen MR) is 111 cm³/mol. The smallest absolute Gasteiger partial charge is 0.417 e. The lowest BCUT2D eigenvalue weighted by Crippen LogP contribution is -2.47. The first-order valence-corrected chi connectivity index (χ1v) is 10.2. The molecule has 0 aliphatic carbocycles. The molecule has 1 aromatic heterocycles. The highest BCUT2D eigenvalue weighted by Gasteiger charge is 2.65. The van der Waals surface area contributed by atoms with Crippen LogP contribution in [0.25, 0.3) is 0 Å². The number of primary amides is 1. The van der Waals surface area contributed by atoms with Crippen LogP contribution < -0.4 is 15.8 Å². The molecule has 2 amide bonds. The van der Waals surface area contributed by atoms with E-state index in [9.17, 15) is 35.9 Å². The molecular formula is C22H21F6N3O4. The maximum Gasteiger partial charge on any atom is 0.417 e. The molecule has 35 heavy (non-hydrogen) atoms. The lowest BCUT2D eigenvalue weighted by atomic mass is 9.76. The van der Waals surface area contributed by atoms with Crippen molar-refractivity contribution in [3.8, 4) is 5.75 Å². The van der Waals surface area contributed by atoms with Crippen LogP contribution in [0.4, 0.5) is 32.0 Å². The molecule has 0 radical (unpaired) electrons. The number of amides is 2. The van der Waals surface area contributed by atoms with Gasteiger partial charge in [-0.05, 0) is 25.1 Å². The highest BCUT2D eigenvalue weighted by atomic mass is 19.4. The Balaban J connectivity index is 2.10. The lowest BCUT2D eigenvalue weighted by molar-refractivity contribution is -0.272. The van der Waals surface area contributed by atoms with Gasteiger partial charge in [-0.1, -0.05) is 13.0 Å². The Hall–Kier alpha value is -3.35. The monoisotopic (exact) mass is 505 g/mol. The van der Waals surface area contributed by atoms with Gasteiger partial charge in [0.1, 0.15) is 11.8 Å². The molecule has 1 aromatic carbocycles. The SMILES string of the molecule is COc1c(C2C(C(=O)Nc3ccnc(C(N)=O)c3)OC(C)(C(F)(F)F)C2C)ccc(C(F)F)c1F. The molecule has 0 saturated carbocycles. The van der Waals surface area contributed by atoms with Crippen LogP contribution in [0.1, 0.15) is 47.8 Å². The number of nitrogens with one attached hydrogen (secondary N) is 1. The fraction of sp³-hybridized carbons (Fsp3) is 0.409. The molecule has 1 aliphatic rings. The zero-order valence-corrected chi connectivity index (χ0v) is 18.6. The summed E-state index contributed by atoms with van der Waals surface area (Å²) in [5.41, 5.74) is 0.816. The summed E-state index contributed by atoms with van der Waals surface area (Å²) in [7, 11) is 0.970. The van der Waals surface area contributed by atoms with Gasteiger partial charge in [0, 0.05) is 29.3 Å². The van der Waals surface area contributed by atoms with Crippen LogP contribution >= 0.6 is 0 Å². The number of nitrogens with zero attached hydrogens (tertiary/aromatic N) is 1. The molecule has 2 heterocycles. The first kappa shape index (κ1) is 26.3. The summed E-state index contributed by atoms with van der Waals surface area (Å²) in [6, 6.07) is 4.09. The first-order valence-electron chi connectivity index (χ1n) is 10.2. The maximum absolute atomic E-state index is 14.8. The van der Waals surface area contributed by atoms with Crippen molar-refractivity contribution in [2.24, 2.45) is 11.7 Å². The van der Waals surface area contributed by atoms with Gasteiger partial charge < -0.3 is 20.5 Å². The van der Waals surface area contributed by atoms with E-state index in [4.69, 9.17) is 15.2 Å². The van der Waals surface area contributed by atoms with Crippen LogP contribution in [0.5, 0.6) is 5.75 Å². The average Bonchev–Trinajstić information content (AvgIpc) is 3.05. The molecule has 3 N–H and O–H groups in total. The van der Waals surface area contributed by atoms with Crippen molar-refractivity contribution in [1.29, 1.82) is 0 Å². The lowest BCUT2D eigenvalue weighted by Gasteiger charge is -2.32. The van der Waals surface area contributed by atoms with Crippen LogP contribution in [-0.4, -0.2) is 41.8 Å². The van der Waals surface area contributed by atoms with Gasteiger partial charge >= 0.3 is 6.18 Å². The van der Waals surface area contributed by atoms with Crippen LogP contribution in [0.2, 0.25) is 0 Å². The normalized spacial score (nSPS) is 24.5. The summed E-state index contributed by atoms with van der Waals surface area (Å²) in [6.07, 6.45) is -8.84. The summed E-state index contributed by atoms with van der Waals surface area (Å²) < 4.78 is 93.3. The number of ether oxygens (including phenoxy) is 2. The zero-order chi connectivity index (χ0) is 26.3. The van der Waals surface area contributed by atoms with Crippen LogP contribution in [0.15, 0.2) is 30.5 Å². The van der Waals surface area contributed by atoms with E-state index in [1.165, 1.54) is 6.07 Å². The Kier molecular flexibility index (Phi) is 7.02. The third-order valence-corrected chi connectivity index (χ3v) is 6.16. The first-order chi connectivity index (χ1) is 16.2. The number of benzene rings is 1. The molecule has 3 rings (SSSR count). The van der Waals surface area contributed by atoms with E-state index in [-0.39, 0.29) is 16.9 Å². The highest BCUT2D eigenvalue weighted by Crippen LogP contribution is 2.55. The van der Waals surface area contributed by atoms with Crippen LogP contribution in [-0.2, 0) is 9.53 Å². The second kappa shape index (κ2) is 9.36. The van der Waals surface area contributed by atoms with Gasteiger partial charge in [0.15, 0.2) is 17.2 Å². The van der Waals surface area contributed by atoms with Crippen molar-refractivity contribution in [2.75, 3.05) is 12.4 Å². The minimum Gasteiger partial charge on any atom is -0.493 e. The summed E-state index contributed by atoms with van der Waals surface area (Å²) in [6.45, 7) is 1.90. The Labute approximate surface area is 195 Å². The van der Waals surface area contributed by atoms with Gasteiger partial charge in [-0.15, -0.1) is 0 Å². The molecule has 1 fully saturated rings. The van der Waals surface area contributed by atoms with E-state index in [1.54, 1.807) is 0 Å². The van der Waals surface area contributed by atoms with Crippen molar-refractivity contribution in [2.45, 2.75) is 44.1 Å². The third-order valence-electron chi connectivity index (χ3n) is 6.16. The fourth-order valence-electron chi connectivity index (χ4n) is 4.10. The van der Waals surface area contributed by atoms with E-state index in [0.29, 0.717) is 0 Å². The van der Waals surface area contributed by atoms with Gasteiger partial charge in [-0.25, -0.2) is 13.2 Å². The number of nitrogens with two attached hydrogens (primary N) is 1. The van der Waals surface area contributed by atoms with E-state index in [0.717, 1.165) is 45.4 Å². The Bertz CT molecular complexity index is 1140. The molecule has 13 heteroatoms. The largest absolute Gasteiger partial charge is 0.493 e. The van der Waals surface area contributed by atoms with Crippen molar-refractivity contribution in [3.63, 3.8) is 0 Å². The Morgan fingerprint density at radius 1 is 1.26 bits per heavy atom. The fourth-order valence-corrected chi connectivity index (χ4v) is 4.10. The molecule has 4 unspecified atom stereocenters. The molecule has 4 atom stereocenters. The number of alkyl halides is 5. The number of halogens is 6. The molecule has 0 spiro atoms. The molecule has 1 aliphatic heterocycles. The highest BCUT2D eigenvalue weighted by molar-refractivity contribution is 5.97. The minimum absolute atomic E-state index is 0.0133. The van der Waals surface area contributed by atoms with Crippen LogP contribution in [0.3, 0.4) is 0 Å². The van der Waals surface area contributed by atoms with Crippen LogP contribution in [0, 0.1) is 11.7 Å². The summed E-state index contributed by atoms with van der Waals surface area (Å²) in [4.78, 5) is 28.2. The molecule has 1 saturated heterocycles. The topological polar surface area (TPSA) is 104 Å². The number of hydrogen-bond donors (Lipinski definition) is 2. The van der Waals surface area contributed by atoms with Gasteiger partial charge in [-0.2, -0.15) is 13.2 Å². The third kappa shape index (κ3) is 4.64. The van der Waals surface area contributed by atoms with Gasteiger partial charge in [0.05, 0.1) is 12.7 Å². The number of methoxy groups -OCH3 is 1. The minimum atomic E-state index is -4.94. The zero-order valence-electron chi connectivity index (χ0n) is 18.6. The number of aromatic nitrogens is 1. The quantitative estimate of drug-likeness (QED) is 0.569. The predicted octanol–water partition coefficient (Wildman–Crippen LogP) is 4.34. The number of pyridine rings is 1. The summed E-state index contributed by atoms with van der Waals surface area (Å²) in [5.74, 6) is -7.05. The van der Waals surface area contributed by atoms with Gasteiger partial charge in [0.25, 0.3) is 18.2 Å². The number of anilines is 1. The number of carbonyl (C=O) groups is 2.